The van der Waals surface area contributed by atoms with Gasteiger partial charge in [-0.2, -0.15) is 0 Å². The van der Waals surface area contributed by atoms with E-state index in [1.165, 1.54) is 14.2 Å². The Bertz CT molecular complexity index is 994. The van der Waals surface area contributed by atoms with Gasteiger partial charge in [-0.15, -0.1) is 0 Å². The third-order valence-corrected chi connectivity index (χ3v) is 6.41. The molecule has 1 saturated heterocycles. The fraction of sp³-hybridized carbons (Fsp3) is 0.350. The van der Waals surface area contributed by atoms with E-state index >= 15 is 0 Å². The molecule has 2 atom stereocenters. The van der Waals surface area contributed by atoms with Crippen LogP contribution in [-0.2, 0) is 21.2 Å². The Hall–Kier alpha value is -2.46. The molecular formula is C20H26N4O4S. The topological polar surface area (TPSA) is 109 Å². The number of nitrogens with one attached hydrogen (secondary N) is 4. The van der Waals surface area contributed by atoms with E-state index in [1.54, 1.807) is 18.2 Å². The van der Waals surface area contributed by atoms with Gasteiger partial charge in [-0.25, -0.2) is 24.0 Å². The number of methoxy groups -OCH3 is 1. The van der Waals surface area contributed by atoms with E-state index in [-0.39, 0.29) is 22.6 Å². The maximum atomic E-state index is 12.6. The predicted octanol–water partition coefficient (Wildman–Crippen LogP) is 1.71. The molecule has 0 spiro atoms. The van der Waals surface area contributed by atoms with Gasteiger partial charge in [0, 0.05) is 11.7 Å². The van der Waals surface area contributed by atoms with Crippen molar-refractivity contribution in [1.82, 2.24) is 15.6 Å². The van der Waals surface area contributed by atoms with Crippen molar-refractivity contribution in [3.63, 3.8) is 0 Å². The molecule has 0 saturated carbocycles. The van der Waals surface area contributed by atoms with Gasteiger partial charge in [0.1, 0.15) is 16.7 Å². The first-order chi connectivity index (χ1) is 13.9. The third kappa shape index (κ3) is 4.76. The van der Waals surface area contributed by atoms with Crippen molar-refractivity contribution in [3.8, 4) is 5.75 Å². The van der Waals surface area contributed by atoms with Gasteiger partial charge in [-0.05, 0) is 55.3 Å². The van der Waals surface area contributed by atoms with E-state index in [4.69, 9.17) is 4.74 Å². The smallest absolute Gasteiger partial charge is 0.244 e. The minimum Gasteiger partial charge on any atom is -0.495 e. The molecule has 0 aromatic heterocycles. The minimum absolute atomic E-state index is 0.0612. The molecule has 1 fully saturated rings. The summed E-state index contributed by atoms with van der Waals surface area (Å²) in [5.74, 6) is 0.115. The minimum atomic E-state index is -3.67. The van der Waals surface area contributed by atoms with Crippen LogP contribution in [-0.4, -0.2) is 34.5 Å². The Morgan fingerprint density at radius 1 is 1.21 bits per heavy atom. The number of sulfonamides is 1. The van der Waals surface area contributed by atoms with Gasteiger partial charge in [-0.1, -0.05) is 25.1 Å². The number of carbonyl (C=O) groups is 1. The molecule has 1 amide bonds. The Kier molecular flexibility index (Phi) is 6.53. The maximum absolute atomic E-state index is 12.6. The van der Waals surface area contributed by atoms with Crippen molar-refractivity contribution >= 4 is 21.6 Å². The van der Waals surface area contributed by atoms with Crippen molar-refractivity contribution in [3.05, 3.63) is 53.6 Å². The van der Waals surface area contributed by atoms with Gasteiger partial charge < -0.3 is 10.1 Å². The zero-order valence-corrected chi connectivity index (χ0v) is 17.5. The maximum Gasteiger partial charge on any atom is 0.244 e. The van der Waals surface area contributed by atoms with Crippen molar-refractivity contribution < 1.29 is 17.9 Å². The Morgan fingerprint density at radius 2 is 2.00 bits per heavy atom. The molecule has 2 unspecified atom stereocenters. The summed E-state index contributed by atoms with van der Waals surface area (Å²) < 4.78 is 32.1. The number of benzene rings is 2. The number of hydrazine groups is 1. The van der Waals surface area contributed by atoms with E-state index in [2.05, 4.69) is 27.8 Å². The summed E-state index contributed by atoms with van der Waals surface area (Å²) in [5, 5.41) is 2.93. The summed E-state index contributed by atoms with van der Waals surface area (Å²) in [7, 11) is -0.897. The Labute approximate surface area is 171 Å². The summed E-state index contributed by atoms with van der Waals surface area (Å²) in [6.07, 6.45) is 1.37. The van der Waals surface area contributed by atoms with Crippen LogP contribution in [0.25, 0.3) is 0 Å². The second-order valence-electron chi connectivity index (χ2n) is 6.79. The molecule has 0 aliphatic carbocycles. The zero-order valence-electron chi connectivity index (χ0n) is 16.7. The fourth-order valence-electron chi connectivity index (χ4n) is 3.28. The zero-order chi connectivity index (χ0) is 21.0. The highest BCUT2D eigenvalue weighted by Crippen LogP contribution is 2.30. The lowest BCUT2D eigenvalue weighted by Gasteiger charge is -2.14. The second kappa shape index (κ2) is 8.91. The van der Waals surface area contributed by atoms with Gasteiger partial charge in [-0.3, -0.25) is 4.79 Å². The predicted molar refractivity (Wildman–Crippen MR) is 111 cm³/mol. The van der Waals surface area contributed by atoms with Crippen LogP contribution in [0.4, 0.5) is 5.69 Å². The van der Waals surface area contributed by atoms with Gasteiger partial charge in [0.25, 0.3) is 0 Å². The molecule has 29 heavy (non-hydrogen) atoms. The van der Waals surface area contributed by atoms with Crippen molar-refractivity contribution in [2.45, 2.75) is 36.7 Å². The summed E-state index contributed by atoms with van der Waals surface area (Å²) >= 11 is 0. The van der Waals surface area contributed by atoms with Crippen molar-refractivity contribution in [1.29, 1.82) is 0 Å². The number of anilines is 1. The van der Waals surface area contributed by atoms with Gasteiger partial charge >= 0.3 is 0 Å². The van der Waals surface area contributed by atoms with Crippen molar-refractivity contribution in [2.24, 2.45) is 0 Å². The molecule has 0 radical (unpaired) electrons. The van der Waals surface area contributed by atoms with Crippen LogP contribution < -0.4 is 25.6 Å². The number of hydrogen-bond acceptors (Lipinski definition) is 6. The highest BCUT2D eigenvalue weighted by molar-refractivity contribution is 7.89. The molecule has 1 heterocycles. The number of amides is 1. The van der Waals surface area contributed by atoms with Crippen LogP contribution >= 0.6 is 0 Å². The molecule has 3 rings (SSSR count). The largest absolute Gasteiger partial charge is 0.495 e. The number of rotatable bonds is 7. The standard InChI is InChI=1S/C20H26N4O4S/c1-4-13-6-5-7-15(10-13)22-20(25)17-12-16(23-24-17)14-8-9-18(28-3)19(11-14)29(26,27)21-2/h5-11,16-17,21,23-24H,4,12H2,1-3H3,(H,22,25). The van der Waals surface area contributed by atoms with Crippen LogP contribution in [0.1, 0.15) is 30.5 Å². The molecule has 0 bridgehead atoms. The highest BCUT2D eigenvalue weighted by Gasteiger charge is 2.31. The van der Waals surface area contributed by atoms with Gasteiger partial charge in [0.2, 0.25) is 15.9 Å². The molecule has 1 aliphatic heterocycles. The number of aryl methyl sites for hydroxylation is 1. The molecule has 156 valence electrons. The molecule has 2 aromatic carbocycles. The molecular weight excluding hydrogens is 392 g/mol. The molecule has 2 aromatic rings. The monoisotopic (exact) mass is 418 g/mol. The molecule has 1 aliphatic rings. The molecule has 9 heteroatoms. The lowest BCUT2D eigenvalue weighted by Crippen LogP contribution is -2.39. The number of carbonyl (C=O) groups excluding carboxylic acids is 1. The van der Waals surface area contributed by atoms with E-state index < -0.39 is 16.1 Å². The average Bonchev–Trinajstić information content (AvgIpc) is 3.24. The van der Waals surface area contributed by atoms with Crippen LogP contribution in [0.3, 0.4) is 0 Å². The summed E-state index contributed by atoms with van der Waals surface area (Å²) in [6, 6.07) is 12.0. The van der Waals surface area contributed by atoms with Gasteiger partial charge in [0.15, 0.2) is 0 Å². The first-order valence-corrected chi connectivity index (χ1v) is 10.9. The first kappa shape index (κ1) is 21.3. The summed E-state index contributed by atoms with van der Waals surface area (Å²) in [6.45, 7) is 2.06. The van der Waals surface area contributed by atoms with E-state index in [9.17, 15) is 13.2 Å². The number of hydrogen-bond donors (Lipinski definition) is 4. The molecule has 8 nitrogen and oxygen atoms in total. The van der Waals surface area contributed by atoms with Gasteiger partial charge in [0.05, 0.1) is 7.11 Å². The summed E-state index contributed by atoms with van der Waals surface area (Å²) in [4.78, 5) is 12.7. The Balaban J connectivity index is 1.73. The first-order valence-electron chi connectivity index (χ1n) is 9.40. The van der Waals surface area contributed by atoms with Crippen LogP contribution in [0, 0.1) is 0 Å². The van der Waals surface area contributed by atoms with E-state index in [1.807, 2.05) is 24.3 Å². The van der Waals surface area contributed by atoms with E-state index in [0.717, 1.165) is 23.2 Å². The van der Waals surface area contributed by atoms with Crippen molar-refractivity contribution in [2.75, 3.05) is 19.5 Å². The second-order valence-corrected chi connectivity index (χ2v) is 8.65. The Morgan fingerprint density at radius 3 is 2.69 bits per heavy atom. The fourth-order valence-corrected chi connectivity index (χ4v) is 4.20. The average molecular weight is 419 g/mol. The normalized spacial score (nSPS) is 19.1. The highest BCUT2D eigenvalue weighted by atomic mass is 32.2. The lowest BCUT2D eigenvalue weighted by atomic mass is 10.0. The third-order valence-electron chi connectivity index (χ3n) is 4.97. The molecule has 4 N–H and O–H groups in total. The lowest BCUT2D eigenvalue weighted by molar-refractivity contribution is -0.117. The SMILES string of the molecule is CCc1cccc(NC(=O)C2CC(c3ccc(OC)c(S(=O)(=O)NC)c3)NN2)c1. The summed E-state index contributed by atoms with van der Waals surface area (Å²) in [5.41, 5.74) is 8.73. The van der Waals surface area contributed by atoms with Crippen LogP contribution in [0.2, 0.25) is 0 Å². The quantitative estimate of drug-likeness (QED) is 0.545. The van der Waals surface area contributed by atoms with Crippen LogP contribution in [0.5, 0.6) is 5.75 Å². The van der Waals surface area contributed by atoms with Crippen LogP contribution in [0.15, 0.2) is 47.4 Å². The van der Waals surface area contributed by atoms with E-state index in [0.29, 0.717) is 6.42 Å². The number of ether oxygens (including phenoxy) is 1.